The van der Waals surface area contributed by atoms with Gasteiger partial charge in [-0.3, -0.25) is 9.48 Å². The van der Waals surface area contributed by atoms with E-state index in [1.807, 2.05) is 11.6 Å². The first-order chi connectivity index (χ1) is 12.8. The van der Waals surface area contributed by atoms with Gasteiger partial charge in [0.2, 0.25) is 5.91 Å². The minimum atomic E-state index is -0.852. The van der Waals surface area contributed by atoms with Crippen LogP contribution < -0.4 is 0 Å². The molecule has 1 aromatic heterocycles. The summed E-state index contributed by atoms with van der Waals surface area (Å²) in [7, 11) is 0. The van der Waals surface area contributed by atoms with Crippen LogP contribution in [0.15, 0.2) is 0 Å². The van der Waals surface area contributed by atoms with Crippen LogP contribution in [-0.2, 0) is 22.6 Å². The molecule has 0 spiro atoms. The highest BCUT2D eigenvalue weighted by Gasteiger charge is 2.47. The second kappa shape index (κ2) is 8.03. The Morgan fingerprint density at radius 2 is 1.93 bits per heavy atom. The Morgan fingerprint density at radius 3 is 2.59 bits per heavy atom. The molecule has 1 saturated carbocycles. The molecule has 0 radical (unpaired) electrons. The topological polar surface area (TPSA) is 75.4 Å². The summed E-state index contributed by atoms with van der Waals surface area (Å²) in [4.78, 5) is 26.5. The van der Waals surface area contributed by atoms with Crippen molar-refractivity contribution in [2.75, 3.05) is 0 Å². The van der Waals surface area contributed by atoms with Crippen LogP contribution in [0.2, 0.25) is 0 Å². The van der Waals surface area contributed by atoms with E-state index >= 15 is 0 Å². The van der Waals surface area contributed by atoms with Crippen molar-refractivity contribution >= 4 is 11.9 Å². The molecule has 1 saturated heterocycles. The van der Waals surface area contributed by atoms with Gasteiger partial charge in [-0.15, -0.1) is 0 Å². The quantitative estimate of drug-likeness (QED) is 0.827. The van der Waals surface area contributed by atoms with Gasteiger partial charge in [0.1, 0.15) is 6.04 Å². The van der Waals surface area contributed by atoms with E-state index in [1.165, 1.54) is 0 Å². The monoisotopic (exact) mass is 375 g/mol. The summed E-state index contributed by atoms with van der Waals surface area (Å²) in [6, 6.07) is -0.519. The van der Waals surface area contributed by atoms with Crippen LogP contribution in [0, 0.1) is 25.7 Å². The molecular weight excluding hydrogens is 342 g/mol. The molecule has 3 rings (SSSR count). The number of rotatable bonds is 6. The van der Waals surface area contributed by atoms with Gasteiger partial charge < -0.3 is 10.0 Å². The van der Waals surface area contributed by atoms with Crippen molar-refractivity contribution in [3.8, 4) is 0 Å². The van der Waals surface area contributed by atoms with Crippen molar-refractivity contribution in [1.82, 2.24) is 14.7 Å². The maximum atomic E-state index is 13.0. The van der Waals surface area contributed by atoms with E-state index in [1.54, 1.807) is 4.90 Å². The molecule has 1 amide bonds. The summed E-state index contributed by atoms with van der Waals surface area (Å²) < 4.78 is 2.03. The number of fused-ring (bicyclic) bond motifs is 1. The number of hydrogen-bond acceptors (Lipinski definition) is 3. The van der Waals surface area contributed by atoms with E-state index in [0.717, 1.165) is 49.2 Å². The Labute approximate surface area is 161 Å². The average molecular weight is 376 g/mol. The second-order valence-corrected chi connectivity index (χ2v) is 8.73. The van der Waals surface area contributed by atoms with Crippen LogP contribution in [0.5, 0.6) is 0 Å². The zero-order chi connectivity index (χ0) is 19.7. The van der Waals surface area contributed by atoms with Gasteiger partial charge in [0.25, 0.3) is 0 Å². The fourth-order valence-corrected chi connectivity index (χ4v) is 5.02. The minimum Gasteiger partial charge on any atom is -0.480 e. The highest BCUT2D eigenvalue weighted by atomic mass is 16.4. The Kier molecular flexibility index (Phi) is 5.92. The van der Waals surface area contributed by atoms with E-state index < -0.39 is 12.0 Å². The number of likely N-dealkylation sites (tertiary alicyclic amines) is 1. The van der Waals surface area contributed by atoms with Crippen molar-refractivity contribution in [2.24, 2.45) is 11.8 Å². The highest BCUT2D eigenvalue weighted by molar-refractivity contribution is 5.85. The predicted molar refractivity (Wildman–Crippen MR) is 103 cm³/mol. The van der Waals surface area contributed by atoms with Crippen LogP contribution in [0.25, 0.3) is 0 Å². The zero-order valence-corrected chi connectivity index (χ0v) is 17.1. The fourth-order valence-electron chi connectivity index (χ4n) is 5.02. The van der Waals surface area contributed by atoms with Crippen LogP contribution in [0.4, 0.5) is 0 Å². The summed E-state index contributed by atoms with van der Waals surface area (Å²) in [5.41, 5.74) is 3.24. The van der Waals surface area contributed by atoms with Gasteiger partial charge in [-0.2, -0.15) is 5.10 Å². The number of aryl methyl sites for hydroxylation is 1. The molecule has 1 N–H and O–H groups in total. The molecule has 150 valence electrons. The van der Waals surface area contributed by atoms with Gasteiger partial charge in [-0.25, -0.2) is 4.79 Å². The standard InChI is InChI=1S/C21H33N3O3/c1-13(2)12-23-15(4)17(14(3)22-23)9-10-20(25)24-18-8-6-5-7-16(18)11-19(24)21(26)27/h13,16,18-19H,5-12H2,1-4H3,(H,26,27). The van der Waals surface area contributed by atoms with Gasteiger partial charge in [-0.05, 0) is 56.9 Å². The first kappa shape index (κ1) is 19.9. The maximum Gasteiger partial charge on any atom is 0.326 e. The van der Waals surface area contributed by atoms with E-state index in [9.17, 15) is 14.7 Å². The molecular formula is C21H33N3O3. The van der Waals surface area contributed by atoms with E-state index in [-0.39, 0.29) is 11.9 Å². The van der Waals surface area contributed by atoms with Crippen molar-refractivity contribution in [1.29, 1.82) is 0 Å². The zero-order valence-electron chi connectivity index (χ0n) is 17.1. The minimum absolute atomic E-state index is 0.00721. The normalized spacial score (nSPS) is 25.1. The summed E-state index contributed by atoms with van der Waals surface area (Å²) in [6.07, 6.45) is 5.87. The fraction of sp³-hybridized carbons (Fsp3) is 0.762. The molecule has 2 aliphatic rings. The summed E-state index contributed by atoms with van der Waals surface area (Å²) in [5, 5.41) is 14.3. The number of amides is 1. The lowest BCUT2D eigenvalue weighted by molar-refractivity contribution is -0.149. The number of aliphatic carboxylic acids is 1. The number of carbonyl (C=O) groups is 2. The van der Waals surface area contributed by atoms with Gasteiger partial charge in [-0.1, -0.05) is 26.7 Å². The first-order valence-electron chi connectivity index (χ1n) is 10.4. The van der Waals surface area contributed by atoms with Crippen LogP contribution >= 0.6 is 0 Å². The van der Waals surface area contributed by atoms with E-state index in [2.05, 4.69) is 25.9 Å². The number of carbonyl (C=O) groups excluding carboxylic acids is 1. The molecule has 0 aromatic carbocycles. The Balaban J connectivity index is 1.71. The number of nitrogens with zero attached hydrogens (tertiary/aromatic N) is 3. The summed E-state index contributed by atoms with van der Waals surface area (Å²) in [6.45, 7) is 9.27. The smallest absolute Gasteiger partial charge is 0.326 e. The Hall–Kier alpha value is -1.85. The van der Waals surface area contributed by atoms with Gasteiger partial charge in [0, 0.05) is 24.7 Å². The lowest BCUT2D eigenvalue weighted by atomic mass is 9.84. The van der Waals surface area contributed by atoms with Crippen molar-refractivity contribution in [2.45, 2.75) is 91.3 Å². The first-order valence-corrected chi connectivity index (χ1v) is 10.4. The molecule has 0 bridgehead atoms. The van der Waals surface area contributed by atoms with Crippen molar-refractivity contribution < 1.29 is 14.7 Å². The molecule has 1 aliphatic carbocycles. The molecule has 1 aliphatic heterocycles. The molecule has 2 heterocycles. The van der Waals surface area contributed by atoms with E-state index in [0.29, 0.717) is 31.1 Å². The van der Waals surface area contributed by atoms with Crippen molar-refractivity contribution in [3.05, 3.63) is 17.0 Å². The lowest BCUT2D eigenvalue weighted by Gasteiger charge is -2.33. The third kappa shape index (κ3) is 4.04. The van der Waals surface area contributed by atoms with Crippen LogP contribution in [0.3, 0.4) is 0 Å². The van der Waals surface area contributed by atoms with Crippen LogP contribution in [-0.4, -0.2) is 43.7 Å². The van der Waals surface area contributed by atoms with Gasteiger partial charge in [0.15, 0.2) is 0 Å². The molecule has 6 heteroatoms. The predicted octanol–water partition coefficient (Wildman–Crippen LogP) is 3.33. The van der Waals surface area contributed by atoms with Crippen molar-refractivity contribution in [3.63, 3.8) is 0 Å². The molecule has 3 unspecified atom stereocenters. The average Bonchev–Trinajstić information content (AvgIpc) is 3.11. The van der Waals surface area contributed by atoms with Gasteiger partial charge >= 0.3 is 5.97 Å². The van der Waals surface area contributed by atoms with Crippen LogP contribution in [0.1, 0.15) is 69.3 Å². The Bertz CT molecular complexity index is 710. The summed E-state index contributed by atoms with van der Waals surface area (Å²) >= 11 is 0. The number of hydrogen-bond donors (Lipinski definition) is 1. The van der Waals surface area contributed by atoms with E-state index in [4.69, 9.17) is 0 Å². The number of aromatic nitrogens is 2. The molecule has 1 aromatic rings. The molecule has 2 fully saturated rings. The Morgan fingerprint density at radius 1 is 1.22 bits per heavy atom. The SMILES string of the molecule is Cc1nn(CC(C)C)c(C)c1CCC(=O)N1C(C(=O)O)CC2CCCCC21. The van der Waals surface area contributed by atoms with Gasteiger partial charge in [0.05, 0.1) is 5.69 Å². The molecule has 6 nitrogen and oxygen atoms in total. The number of carboxylic acids is 1. The third-order valence-corrected chi connectivity index (χ3v) is 6.32. The number of carboxylic acid groups (broad SMARTS) is 1. The second-order valence-electron chi connectivity index (χ2n) is 8.73. The summed E-state index contributed by atoms with van der Waals surface area (Å²) in [5.74, 6) is 0.0183. The molecule has 27 heavy (non-hydrogen) atoms. The lowest BCUT2D eigenvalue weighted by Crippen LogP contribution is -2.46. The highest BCUT2D eigenvalue weighted by Crippen LogP contribution is 2.40. The largest absolute Gasteiger partial charge is 0.480 e. The molecule has 3 atom stereocenters. The maximum absolute atomic E-state index is 13.0. The third-order valence-electron chi connectivity index (χ3n) is 6.32.